The minimum absolute atomic E-state index is 0.143. The number of hydrogen-bond donors (Lipinski definition) is 0. The number of rotatable bonds is 3. The van der Waals surface area contributed by atoms with E-state index < -0.39 is 17.6 Å². The summed E-state index contributed by atoms with van der Waals surface area (Å²) in [7, 11) is 0. The van der Waals surface area contributed by atoms with Crippen LogP contribution in [-0.2, 0) is 9.59 Å². The van der Waals surface area contributed by atoms with Crippen LogP contribution in [0.5, 0.6) is 0 Å². The van der Waals surface area contributed by atoms with Gasteiger partial charge in [-0.05, 0) is 49.1 Å². The minimum atomic E-state index is -0.485. The number of halogens is 3. The van der Waals surface area contributed by atoms with E-state index in [4.69, 9.17) is 23.2 Å². The van der Waals surface area contributed by atoms with E-state index >= 15 is 0 Å². The molecule has 2 heterocycles. The van der Waals surface area contributed by atoms with Gasteiger partial charge in [0.2, 0.25) is 0 Å². The Hall–Kier alpha value is -2.37. The number of nitrogens with zero attached hydrogens (tertiary/aromatic N) is 2. The van der Waals surface area contributed by atoms with Gasteiger partial charge < -0.3 is 4.90 Å². The summed E-state index contributed by atoms with van der Waals surface area (Å²) >= 11 is 12.4. The number of benzene rings is 2. The fourth-order valence-corrected chi connectivity index (χ4v) is 4.07. The Morgan fingerprint density at radius 3 is 2.21 bits per heavy atom. The highest BCUT2D eigenvalue weighted by atomic mass is 35.5. The number of carbonyl (C=O) groups is 2. The largest absolute Gasteiger partial charge is 0.366 e. The molecule has 0 saturated carbocycles. The molecule has 1 fully saturated rings. The first-order valence-electron chi connectivity index (χ1n) is 9.07. The lowest BCUT2D eigenvalue weighted by Gasteiger charge is -2.29. The van der Waals surface area contributed by atoms with Gasteiger partial charge in [0.15, 0.2) is 0 Å². The first-order chi connectivity index (χ1) is 13.5. The van der Waals surface area contributed by atoms with Gasteiger partial charge in [-0.15, -0.1) is 0 Å². The maximum absolute atomic E-state index is 13.4. The monoisotopic (exact) mass is 418 g/mol. The molecule has 144 valence electrons. The van der Waals surface area contributed by atoms with Crippen LogP contribution >= 0.6 is 23.2 Å². The molecule has 7 heteroatoms. The van der Waals surface area contributed by atoms with Crippen molar-refractivity contribution in [2.45, 2.75) is 19.3 Å². The maximum atomic E-state index is 13.4. The van der Waals surface area contributed by atoms with Gasteiger partial charge in [-0.2, -0.15) is 0 Å². The molecule has 1 saturated heterocycles. The van der Waals surface area contributed by atoms with Crippen molar-refractivity contribution in [3.05, 3.63) is 69.6 Å². The van der Waals surface area contributed by atoms with Gasteiger partial charge in [0.1, 0.15) is 11.5 Å². The average Bonchev–Trinajstić information content (AvgIpc) is 2.96. The summed E-state index contributed by atoms with van der Waals surface area (Å²) in [6, 6.07) is 10.4. The SMILES string of the molecule is O=C1C(c2ccc(F)cc2)=C(N2CCCCC2)C(=O)N1c1cccc(Cl)c1Cl. The van der Waals surface area contributed by atoms with Crippen LogP contribution in [0.15, 0.2) is 48.2 Å². The highest BCUT2D eigenvalue weighted by molar-refractivity contribution is 6.49. The normalized spacial score (nSPS) is 17.7. The third-order valence-corrected chi connectivity index (χ3v) is 5.85. The number of anilines is 1. The second-order valence-corrected chi connectivity index (χ2v) is 7.58. The smallest absolute Gasteiger partial charge is 0.282 e. The molecule has 2 aliphatic heterocycles. The van der Waals surface area contributed by atoms with Crippen LogP contribution in [0.25, 0.3) is 5.57 Å². The average molecular weight is 419 g/mol. The van der Waals surface area contributed by atoms with Crippen LogP contribution < -0.4 is 4.90 Å². The molecular formula is C21H17Cl2FN2O2. The molecule has 0 radical (unpaired) electrons. The lowest BCUT2D eigenvalue weighted by atomic mass is 10.0. The third-order valence-electron chi connectivity index (χ3n) is 5.04. The fourth-order valence-electron chi connectivity index (χ4n) is 3.69. The molecule has 0 aromatic heterocycles. The van der Waals surface area contributed by atoms with Gasteiger partial charge in [0, 0.05) is 13.1 Å². The summed E-state index contributed by atoms with van der Waals surface area (Å²) in [5.41, 5.74) is 1.35. The van der Waals surface area contributed by atoms with Gasteiger partial charge in [0.05, 0.1) is 21.3 Å². The van der Waals surface area contributed by atoms with Crippen molar-refractivity contribution in [1.29, 1.82) is 0 Å². The van der Waals surface area contributed by atoms with Crippen LogP contribution in [0.4, 0.5) is 10.1 Å². The molecule has 28 heavy (non-hydrogen) atoms. The predicted octanol–water partition coefficient (Wildman–Crippen LogP) is 4.90. The van der Waals surface area contributed by atoms with Crippen molar-refractivity contribution in [1.82, 2.24) is 4.90 Å². The van der Waals surface area contributed by atoms with Crippen molar-refractivity contribution in [3.63, 3.8) is 0 Å². The molecule has 2 aliphatic rings. The van der Waals surface area contributed by atoms with Gasteiger partial charge in [0.25, 0.3) is 11.8 Å². The van der Waals surface area contributed by atoms with E-state index in [2.05, 4.69) is 0 Å². The first-order valence-corrected chi connectivity index (χ1v) is 9.82. The summed E-state index contributed by atoms with van der Waals surface area (Å²) in [5.74, 6) is -1.33. The van der Waals surface area contributed by atoms with Gasteiger partial charge >= 0.3 is 0 Å². The van der Waals surface area contributed by atoms with Crippen LogP contribution in [0.1, 0.15) is 24.8 Å². The molecule has 0 atom stereocenters. The van der Waals surface area contributed by atoms with Crippen molar-refractivity contribution in [3.8, 4) is 0 Å². The molecule has 4 rings (SSSR count). The quantitative estimate of drug-likeness (QED) is 0.665. The zero-order valence-electron chi connectivity index (χ0n) is 14.9. The summed E-state index contributed by atoms with van der Waals surface area (Å²) in [6.07, 6.45) is 2.97. The maximum Gasteiger partial charge on any atom is 0.282 e. The molecule has 0 unspecified atom stereocenters. The molecule has 0 aliphatic carbocycles. The lowest BCUT2D eigenvalue weighted by molar-refractivity contribution is -0.120. The van der Waals surface area contributed by atoms with E-state index in [9.17, 15) is 14.0 Å². The molecule has 2 aromatic rings. The van der Waals surface area contributed by atoms with Crippen LogP contribution in [0, 0.1) is 5.82 Å². The van der Waals surface area contributed by atoms with E-state index in [1.807, 2.05) is 4.90 Å². The number of imide groups is 1. The Kier molecular flexibility index (Phi) is 5.13. The Morgan fingerprint density at radius 2 is 1.54 bits per heavy atom. The number of piperidine rings is 1. The highest BCUT2D eigenvalue weighted by Crippen LogP contribution is 2.40. The molecule has 4 nitrogen and oxygen atoms in total. The second-order valence-electron chi connectivity index (χ2n) is 6.80. The van der Waals surface area contributed by atoms with Crippen LogP contribution in [0.2, 0.25) is 10.0 Å². The number of carbonyl (C=O) groups excluding carboxylic acids is 2. The molecule has 2 aromatic carbocycles. The van der Waals surface area contributed by atoms with Gasteiger partial charge in [-0.3, -0.25) is 9.59 Å². The van der Waals surface area contributed by atoms with Crippen molar-refractivity contribution >= 4 is 46.3 Å². The van der Waals surface area contributed by atoms with E-state index in [1.165, 1.54) is 24.3 Å². The standard InChI is InChI=1S/C21H17Cl2FN2O2/c22-15-5-4-6-16(18(15)23)26-20(27)17(13-7-9-14(24)10-8-13)19(21(26)28)25-11-2-1-3-12-25/h4-10H,1-3,11-12H2. The Bertz CT molecular complexity index is 982. The van der Waals surface area contributed by atoms with E-state index in [0.29, 0.717) is 24.4 Å². The Balaban J connectivity index is 1.85. The zero-order chi connectivity index (χ0) is 19.8. The second kappa shape index (κ2) is 7.57. The Labute approximate surface area is 172 Å². The van der Waals surface area contributed by atoms with Crippen LogP contribution in [-0.4, -0.2) is 29.8 Å². The molecule has 0 spiro atoms. The van der Waals surface area contributed by atoms with Gasteiger partial charge in [-0.25, -0.2) is 9.29 Å². The van der Waals surface area contributed by atoms with E-state index in [1.54, 1.807) is 18.2 Å². The number of likely N-dealkylation sites (tertiary alicyclic amines) is 1. The first kappa shape index (κ1) is 19.0. The Morgan fingerprint density at radius 1 is 0.857 bits per heavy atom. The molecule has 2 amide bonds. The van der Waals surface area contributed by atoms with E-state index in [0.717, 1.165) is 24.2 Å². The summed E-state index contributed by atoms with van der Waals surface area (Å²) in [4.78, 5) is 29.7. The van der Waals surface area contributed by atoms with Crippen molar-refractivity contribution in [2.75, 3.05) is 18.0 Å². The summed E-state index contributed by atoms with van der Waals surface area (Å²) in [5, 5.41) is 0.402. The van der Waals surface area contributed by atoms with Crippen LogP contribution in [0.3, 0.4) is 0 Å². The molecular weight excluding hydrogens is 402 g/mol. The summed E-state index contributed by atoms with van der Waals surface area (Å²) in [6.45, 7) is 1.38. The predicted molar refractivity (Wildman–Crippen MR) is 108 cm³/mol. The number of amides is 2. The van der Waals surface area contributed by atoms with E-state index in [-0.39, 0.29) is 21.3 Å². The van der Waals surface area contributed by atoms with Crippen molar-refractivity contribution < 1.29 is 14.0 Å². The molecule has 0 bridgehead atoms. The number of hydrogen-bond acceptors (Lipinski definition) is 3. The lowest BCUT2D eigenvalue weighted by Crippen LogP contribution is -2.37. The minimum Gasteiger partial charge on any atom is -0.366 e. The molecule has 0 N–H and O–H groups in total. The van der Waals surface area contributed by atoms with Gasteiger partial charge in [-0.1, -0.05) is 41.4 Å². The third kappa shape index (κ3) is 3.19. The van der Waals surface area contributed by atoms with Crippen molar-refractivity contribution in [2.24, 2.45) is 0 Å². The topological polar surface area (TPSA) is 40.6 Å². The highest BCUT2D eigenvalue weighted by Gasteiger charge is 2.43. The summed E-state index contributed by atoms with van der Waals surface area (Å²) < 4.78 is 13.4. The zero-order valence-corrected chi connectivity index (χ0v) is 16.4. The fraction of sp³-hybridized carbons (Fsp3) is 0.238.